The number of rotatable bonds is 19. The van der Waals surface area contributed by atoms with Crippen LogP contribution < -0.4 is 0 Å². The molecule has 1 rings (SSSR count). The summed E-state index contributed by atoms with van der Waals surface area (Å²) in [6, 6.07) is 6.71. The first-order valence-electron chi connectivity index (χ1n) is 12.8. The molecule has 0 aliphatic heterocycles. The van der Waals surface area contributed by atoms with Gasteiger partial charge in [-0.05, 0) is 31.4 Å². The monoisotopic (exact) mass is 444 g/mol. The Kier molecular flexibility index (Phi) is 17.1. The third-order valence-electron chi connectivity index (χ3n) is 5.52. The fraction of sp³-hybridized carbons (Fsp3) is 0.643. The molecule has 0 spiro atoms. The predicted octanol–water partition coefficient (Wildman–Crippen LogP) is 8.06. The van der Waals surface area contributed by atoms with Crippen molar-refractivity contribution in [1.82, 2.24) is 0 Å². The van der Waals surface area contributed by atoms with Crippen LogP contribution in [0.4, 0.5) is 0 Å². The van der Waals surface area contributed by atoms with Gasteiger partial charge in [-0.3, -0.25) is 0 Å². The van der Waals surface area contributed by atoms with Gasteiger partial charge < -0.3 is 9.47 Å². The van der Waals surface area contributed by atoms with Crippen LogP contribution in [-0.4, -0.2) is 25.2 Å². The first-order valence-corrected chi connectivity index (χ1v) is 12.8. The van der Waals surface area contributed by atoms with Gasteiger partial charge >= 0.3 is 11.9 Å². The van der Waals surface area contributed by atoms with E-state index < -0.39 is 11.9 Å². The number of ether oxygens (including phenoxy) is 2. The highest BCUT2D eigenvalue weighted by Crippen LogP contribution is 2.14. The molecule has 0 atom stereocenters. The van der Waals surface area contributed by atoms with Gasteiger partial charge in [0.1, 0.15) is 0 Å². The minimum atomic E-state index is -0.479. The summed E-state index contributed by atoms with van der Waals surface area (Å²) >= 11 is 0. The van der Waals surface area contributed by atoms with E-state index in [0.29, 0.717) is 19.6 Å². The van der Waals surface area contributed by atoms with Crippen molar-refractivity contribution in [2.75, 3.05) is 13.2 Å². The van der Waals surface area contributed by atoms with Crippen molar-refractivity contribution in [2.24, 2.45) is 0 Å². The molecule has 0 amide bonds. The van der Waals surface area contributed by atoms with Crippen LogP contribution in [0.2, 0.25) is 0 Å². The quantitative estimate of drug-likeness (QED) is 0.123. The van der Waals surface area contributed by atoms with Crippen LogP contribution in [0.25, 0.3) is 0 Å². The van der Waals surface area contributed by atoms with Crippen LogP contribution in [0.1, 0.15) is 124 Å². The van der Waals surface area contributed by atoms with E-state index in [2.05, 4.69) is 13.8 Å². The first-order chi connectivity index (χ1) is 15.7. The van der Waals surface area contributed by atoms with Gasteiger partial charge in [0.2, 0.25) is 0 Å². The number of allylic oxidation sites excluding steroid dienone is 1. The number of esters is 2. The maximum atomic E-state index is 12.4. The number of hydrogen-bond acceptors (Lipinski definition) is 4. The zero-order valence-electron chi connectivity index (χ0n) is 20.4. The Bertz CT molecular complexity index is 651. The molecule has 180 valence electrons. The van der Waals surface area contributed by atoms with E-state index in [1.165, 1.54) is 64.2 Å². The molecule has 0 aromatic heterocycles. The number of benzene rings is 1. The van der Waals surface area contributed by atoms with E-state index in [1.807, 2.05) is 12.2 Å². The smallest absolute Gasteiger partial charge is 0.339 e. The Morgan fingerprint density at radius 2 is 1.12 bits per heavy atom. The molecule has 4 nitrogen and oxygen atoms in total. The average molecular weight is 445 g/mol. The lowest BCUT2D eigenvalue weighted by Gasteiger charge is -2.09. The van der Waals surface area contributed by atoms with Crippen molar-refractivity contribution in [3.05, 3.63) is 47.5 Å². The minimum Gasteiger partial charge on any atom is -0.462 e. The fourth-order valence-corrected chi connectivity index (χ4v) is 3.61. The normalized spacial score (nSPS) is 11.1. The molecular weight excluding hydrogens is 400 g/mol. The predicted molar refractivity (Wildman–Crippen MR) is 132 cm³/mol. The van der Waals surface area contributed by atoms with Gasteiger partial charge in [-0.15, -0.1) is 0 Å². The van der Waals surface area contributed by atoms with Gasteiger partial charge in [0.15, 0.2) is 0 Å². The number of unbranched alkanes of at least 4 members (excludes halogenated alkanes) is 11. The summed E-state index contributed by atoms with van der Waals surface area (Å²) in [6.07, 6.45) is 20.9. The largest absolute Gasteiger partial charge is 0.462 e. The summed E-state index contributed by atoms with van der Waals surface area (Å²) in [4.78, 5) is 24.8. The molecule has 0 fully saturated rings. The second-order valence-electron chi connectivity index (χ2n) is 8.37. The van der Waals surface area contributed by atoms with Crippen molar-refractivity contribution in [1.29, 1.82) is 0 Å². The first kappa shape index (κ1) is 27.9. The average Bonchev–Trinajstić information content (AvgIpc) is 2.81. The Morgan fingerprint density at radius 1 is 0.656 bits per heavy atom. The molecule has 0 aliphatic carbocycles. The summed E-state index contributed by atoms with van der Waals surface area (Å²) in [5.41, 5.74) is 0.548. The third kappa shape index (κ3) is 13.3. The highest BCUT2D eigenvalue weighted by molar-refractivity contribution is 6.03. The Balaban J connectivity index is 2.18. The summed E-state index contributed by atoms with van der Waals surface area (Å²) in [6.45, 7) is 5.01. The highest BCUT2D eigenvalue weighted by atomic mass is 16.5. The van der Waals surface area contributed by atoms with Crippen molar-refractivity contribution in [2.45, 2.75) is 104 Å². The summed E-state index contributed by atoms with van der Waals surface area (Å²) in [5.74, 6) is -0.931. The van der Waals surface area contributed by atoms with E-state index in [0.717, 1.165) is 19.3 Å². The molecule has 1 aromatic carbocycles. The standard InChI is InChI=1S/C28H44O4/c1-3-5-7-9-10-11-12-13-14-15-16-20-24-32-28(30)26-22-18-17-21-25(26)27(29)31-23-19-8-6-4-2/h6,8,17-18,21-22H,3-5,7,9-16,19-20,23-24H2,1-2H3/b8-6-. The van der Waals surface area contributed by atoms with Gasteiger partial charge in [-0.25, -0.2) is 9.59 Å². The van der Waals surface area contributed by atoms with Crippen LogP contribution in [0.3, 0.4) is 0 Å². The summed E-state index contributed by atoms with van der Waals surface area (Å²) < 4.78 is 10.7. The van der Waals surface area contributed by atoms with Gasteiger partial charge in [0, 0.05) is 0 Å². The zero-order valence-corrected chi connectivity index (χ0v) is 20.4. The second kappa shape index (κ2) is 19.6. The van der Waals surface area contributed by atoms with Crippen molar-refractivity contribution in [3.8, 4) is 0 Å². The second-order valence-corrected chi connectivity index (χ2v) is 8.37. The molecule has 32 heavy (non-hydrogen) atoms. The van der Waals surface area contributed by atoms with Crippen LogP contribution in [0.5, 0.6) is 0 Å². The molecule has 0 aliphatic rings. The Morgan fingerprint density at radius 3 is 1.62 bits per heavy atom. The Hall–Kier alpha value is -2.10. The SMILES string of the molecule is CC/C=C\CCOC(=O)c1ccccc1C(=O)OCCCCCCCCCCCCCC. The highest BCUT2D eigenvalue weighted by Gasteiger charge is 2.18. The molecule has 0 saturated carbocycles. The van der Waals surface area contributed by atoms with E-state index in [4.69, 9.17) is 9.47 Å². The van der Waals surface area contributed by atoms with Crippen molar-refractivity contribution >= 4 is 11.9 Å². The van der Waals surface area contributed by atoms with Crippen LogP contribution in [-0.2, 0) is 9.47 Å². The number of carbonyl (C=O) groups excluding carboxylic acids is 2. The van der Waals surface area contributed by atoms with E-state index in [1.54, 1.807) is 24.3 Å². The maximum absolute atomic E-state index is 12.4. The Labute approximate surface area is 195 Å². The van der Waals surface area contributed by atoms with Gasteiger partial charge in [0.05, 0.1) is 24.3 Å². The lowest BCUT2D eigenvalue weighted by Crippen LogP contribution is -2.14. The molecule has 1 aromatic rings. The number of carbonyl (C=O) groups is 2. The molecule has 0 bridgehead atoms. The van der Waals surface area contributed by atoms with Gasteiger partial charge in [-0.1, -0.05) is 109 Å². The molecule has 0 unspecified atom stereocenters. The molecular formula is C28H44O4. The van der Waals surface area contributed by atoms with Gasteiger partial charge in [0.25, 0.3) is 0 Å². The minimum absolute atomic E-state index is 0.270. The van der Waals surface area contributed by atoms with Crippen molar-refractivity contribution < 1.29 is 19.1 Å². The fourth-order valence-electron chi connectivity index (χ4n) is 3.61. The van der Waals surface area contributed by atoms with Crippen LogP contribution in [0.15, 0.2) is 36.4 Å². The molecule has 0 N–H and O–H groups in total. The number of hydrogen-bond donors (Lipinski definition) is 0. The zero-order chi connectivity index (χ0) is 23.3. The molecule has 0 heterocycles. The van der Waals surface area contributed by atoms with E-state index in [9.17, 15) is 9.59 Å². The molecule has 4 heteroatoms. The van der Waals surface area contributed by atoms with E-state index in [-0.39, 0.29) is 11.1 Å². The van der Waals surface area contributed by atoms with E-state index >= 15 is 0 Å². The third-order valence-corrected chi connectivity index (χ3v) is 5.52. The molecule has 0 radical (unpaired) electrons. The van der Waals surface area contributed by atoms with Crippen LogP contribution >= 0.6 is 0 Å². The van der Waals surface area contributed by atoms with Crippen molar-refractivity contribution in [3.63, 3.8) is 0 Å². The maximum Gasteiger partial charge on any atom is 0.339 e. The summed E-state index contributed by atoms with van der Waals surface area (Å²) in [5, 5.41) is 0. The van der Waals surface area contributed by atoms with Crippen LogP contribution in [0, 0.1) is 0 Å². The lowest BCUT2D eigenvalue weighted by atomic mass is 10.1. The van der Waals surface area contributed by atoms with Gasteiger partial charge in [-0.2, -0.15) is 0 Å². The molecule has 0 saturated heterocycles. The lowest BCUT2D eigenvalue weighted by molar-refractivity contribution is 0.0457. The summed E-state index contributed by atoms with van der Waals surface area (Å²) in [7, 11) is 0. The topological polar surface area (TPSA) is 52.6 Å².